The molecule has 7 heteroatoms. The Bertz CT molecular complexity index is 851. The van der Waals surface area contributed by atoms with E-state index in [9.17, 15) is 0 Å². The van der Waals surface area contributed by atoms with Crippen molar-refractivity contribution in [3.8, 4) is 5.75 Å². The molecule has 0 aromatic heterocycles. The van der Waals surface area contributed by atoms with Gasteiger partial charge in [-0.2, -0.15) is 10.2 Å². The van der Waals surface area contributed by atoms with Gasteiger partial charge in [0, 0.05) is 13.2 Å². The summed E-state index contributed by atoms with van der Waals surface area (Å²) in [5.74, 6) is 0.863. The van der Waals surface area contributed by atoms with Crippen LogP contribution in [0.3, 0.4) is 0 Å². The molecule has 3 N–H and O–H groups in total. The van der Waals surface area contributed by atoms with Gasteiger partial charge in [0.25, 0.3) is 0 Å². The lowest BCUT2D eigenvalue weighted by Crippen LogP contribution is -2.29. The molecule has 0 aliphatic carbocycles. The van der Waals surface area contributed by atoms with E-state index in [0.717, 1.165) is 68.8 Å². The van der Waals surface area contributed by atoms with Crippen molar-refractivity contribution in [2.75, 3.05) is 19.8 Å². The third-order valence-corrected chi connectivity index (χ3v) is 6.05. The van der Waals surface area contributed by atoms with Gasteiger partial charge in [0.05, 0.1) is 19.0 Å². The number of hydrazone groups is 2. The highest BCUT2D eigenvalue weighted by Crippen LogP contribution is 2.13. The average molecular weight is 522 g/mol. The van der Waals surface area contributed by atoms with Crippen LogP contribution in [0.2, 0.25) is 0 Å². The van der Waals surface area contributed by atoms with E-state index in [1.165, 1.54) is 44.1 Å². The summed E-state index contributed by atoms with van der Waals surface area (Å²) in [6.45, 7) is 6.89. The number of guanidine groups is 1. The molecule has 208 valence electrons. The van der Waals surface area contributed by atoms with E-state index in [-0.39, 0.29) is 5.96 Å². The summed E-state index contributed by atoms with van der Waals surface area (Å²) >= 11 is 0. The van der Waals surface area contributed by atoms with Crippen LogP contribution in [0, 0.1) is 5.41 Å². The fourth-order valence-corrected chi connectivity index (χ4v) is 3.74. The van der Waals surface area contributed by atoms with Gasteiger partial charge in [0.1, 0.15) is 5.75 Å². The molecule has 7 nitrogen and oxygen atoms in total. The Morgan fingerprint density at radius 3 is 1.89 bits per heavy atom. The highest BCUT2D eigenvalue weighted by Gasteiger charge is 1.97. The van der Waals surface area contributed by atoms with Crippen LogP contribution in [0.15, 0.2) is 58.7 Å². The minimum Gasteiger partial charge on any atom is -0.494 e. The number of nitrogens with one attached hydrogen (secondary N) is 3. The Hall–Kier alpha value is -3.19. The van der Waals surface area contributed by atoms with Gasteiger partial charge < -0.3 is 9.47 Å². The van der Waals surface area contributed by atoms with Gasteiger partial charge in [-0.05, 0) is 73.1 Å². The molecule has 0 amide bonds. The number of unbranched alkanes of at least 4 members (excludes halogenated alkanes) is 7. The van der Waals surface area contributed by atoms with Crippen LogP contribution in [-0.2, 0) is 11.2 Å². The molecule has 0 saturated carbocycles. The highest BCUT2D eigenvalue weighted by molar-refractivity contribution is 5.84. The van der Waals surface area contributed by atoms with E-state index in [1.54, 1.807) is 12.4 Å². The van der Waals surface area contributed by atoms with E-state index in [1.807, 2.05) is 36.4 Å². The minimum atomic E-state index is -0.00540. The topological polar surface area (TPSA) is 91.1 Å². The van der Waals surface area contributed by atoms with Crippen molar-refractivity contribution in [2.24, 2.45) is 10.2 Å². The van der Waals surface area contributed by atoms with Crippen LogP contribution in [0.4, 0.5) is 0 Å². The third kappa shape index (κ3) is 15.2. The molecule has 0 aliphatic rings. The first-order chi connectivity index (χ1) is 18.7. The second kappa shape index (κ2) is 20.8. The van der Waals surface area contributed by atoms with Crippen LogP contribution in [0.5, 0.6) is 5.75 Å². The van der Waals surface area contributed by atoms with Crippen LogP contribution in [0.1, 0.15) is 94.7 Å². The lowest BCUT2D eigenvalue weighted by atomic mass is 10.1. The van der Waals surface area contributed by atoms with Gasteiger partial charge in [-0.25, -0.2) is 10.9 Å². The van der Waals surface area contributed by atoms with Crippen molar-refractivity contribution < 1.29 is 9.47 Å². The smallest absolute Gasteiger partial charge is 0.230 e. The molecular weight excluding hydrogens is 474 g/mol. The fraction of sp³-hybridized carbons (Fsp3) is 0.516. The van der Waals surface area contributed by atoms with Crippen LogP contribution in [0.25, 0.3) is 0 Å². The van der Waals surface area contributed by atoms with Crippen LogP contribution < -0.4 is 15.6 Å². The molecule has 0 atom stereocenters. The van der Waals surface area contributed by atoms with Crippen LogP contribution in [-0.4, -0.2) is 38.2 Å². The zero-order valence-electron chi connectivity index (χ0n) is 23.4. The summed E-state index contributed by atoms with van der Waals surface area (Å²) in [4.78, 5) is 0. The van der Waals surface area contributed by atoms with Gasteiger partial charge in [-0.15, -0.1) is 0 Å². The molecule has 0 aliphatic heterocycles. The molecule has 38 heavy (non-hydrogen) atoms. The number of rotatable bonds is 20. The predicted octanol–water partition coefficient (Wildman–Crippen LogP) is 7.05. The number of ether oxygens (including phenoxy) is 2. The second-order valence-corrected chi connectivity index (χ2v) is 9.46. The van der Waals surface area contributed by atoms with E-state index in [2.05, 4.69) is 47.0 Å². The summed E-state index contributed by atoms with van der Waals surface area (Å²) < 4.78 is 11.4. The van der Waals surface area contributed by atoms with E-state index < -0.39 is 0 Å². The van der Waals surface area contributed by atoms with Crippen molar-refractivity contribution in [1.29, 1.82) is 5.41 Å². The quantitative estimate of drug-likeness (QED) is 0.0754. The first kappa shape index (κ1) is 31.0. The Kier molecular flexibility index (Phi) is 17.0. The normalized spacial score (nSPS) is 11.3. The highest BCUT2D eigenvalue weighted by atomic mass is 16.5. The maximum absolute atomic E-state index is 7.90. The Morgan fingerprint density at radius 1 is 0.684 bits per heavy atom. The maximum Gasteiger partial charge on any atom is 0.230 e. The molecule has 0 radical (unpaired) electrons. The molecule has 0 fully saturated rings. The van der Waals surface area contributed by atoms with Gasteiger partial charge >= 0.3 is 0 Å². The molecule has 2 aromatic rings. The van der Waals surface area contributed by atoms with E-state index in [0.29, 0.717) is 0 Å². The summed E-state index contributed by atoms with van der Waals surface area (Å²) in [5, 5.41) is 16.1. The molecular formula is C31H47N5O2. The first-order valence-corrected chi connectivity index (χ1v) is 14.3. The predicted molar refractivity (Wildman–Crippen MR) is 160 cm³/mol. The zero-order valence-corrected chi connectivity index (χ0v) is 23.4. The lowest BCUT2D eigenvalue weighted by Gasteiger charge is -2.06. The maximum atomic E-state index is 7.90. The van der Waals surface area contributed by atoms with Gasteiger partial charge in [-0.3, -0.25) is 5.41 Å². The number of hydrogen-bond acceptors (Lipinski definition) is 5. The minimum absolute atomic E-state index is 0.00540. The summed E-state index contributed by atoms with van der Waals surface area (Å²) in [6.07, 6.45) is 16.5. The molecule has 0 saturated heterocycles. The standard InChI is InChI=1S/C31H47N5O2/c1-3-5-7-8-9-11-24-38-30-20-18-29(19-21-30)26-34-36-31(32)35-33-25-28-16-14-27(15-17-28)13-10-12-23-37-22-6-4-2/h14-21,25-26H,3-13,22-24H2,1-2H3,(H3,32,35,36)/b33-25+,34-26+. The second-order valence-electron chi connectivity index (χ2n) is 9.46. The molecule has 2 aromatic carbocycles. The number of aryl methyl sites for hydroxylation is 1. The summed E-state index contributed by atoms with van der Waals surface area (Å²) in [6, 6.07) is 16.1. The third-order valence-electron chi connectivity index (χ3n) is 6.05. The Labute approximate surface area is 229 Å². The molecule has 2 rings (SSSR count). The van der Waals surface area contributed by atoms with E-state index in [4.69, 9.17) is 14.9 Å². The van der Waals surface area contributed by atoms with Crippen molar-refractivity contribution in [1.82, 2.24) is 10.9 Å². The van der Waals surface area contributed by atoms with Gasteiger partial charge in [0.15, 0.2) is 0 Å². The lowest BCUT2D eigenvalue weighted by molar-refractivity contribution is 0.127. The average Bonchev–Trinajstić information content (AvgIpc) is 2.94. The molecule has 0 heterocycles. The van der Waals surface area contributed by atoms with Crippen molar-refractivity contribution in [3.05, 3.63) is 65.2 Å². The SMILES string of the molecule is CCCCCCCCOc1ccc(/C=N/NC(=N)N/N=C/c2ccc(CCCCOCCCC)cc2)cc1. The first-order valence-electron chi connectivity index (χ1n) is 14.3. The van der Waals surface area contributed by atoms with Crippen LogP contribution >= 0.6 is 0 Å². The Balaban J connectivity index is 1.58. The van der Waals surface area contributed by atoms with Gasteiger partial charge in [-0.1, -0.05) is 76.6 Å². The molecule has 0 bridgehead atoms. The summed E-state index contributed by atoms with van der Waals surface area (Å²) in [7, 11) is 0. The summed E-state index contributed by atoms with van der Waals surface area (Å²) in [5.41, 5.74) is 8.48. The van der Waals surface area contributed by atoms with Crippen molar-refractivity contribution in [3.63, 3.8) is 0 Å². The van der Waals surface area contributed by atoms with Crippen molar-refractivity contribution >= 4 is 18.4 Å². The zero-order chi connectivity index (χ0) is 27.1. The monoisotopic (exact) mass is 521 g/mol. The largest absolute Gasteiger partial charge is 0.494 e. The molecule has 0 unspecified atom stereocenters. The number of nitrogens with zero attached hydrogens (tertiary/aromatic N) is 2. The van der Waals surface area contributed by atoms with E-state index >= 15 is 0 Å². The fourth-order valence-electron chi connectivity index (χ4n) is 3.74. The number of benzene rings is 2. The van der Waals surface area contributed by atoms with Gasteiger partial charge in [0.2, 0.25) is 5.96 Å². The Morgan fingerprint density at radius 2 is 1.24 bits per heavy atom. The molecule has 0 spiro atoms. The number of hydrogen-bond donors (Lipinski definition) is 3. The van der Waals surface area contributed by atoms with Crippen molar-refractivity contribution in [2.45, 2.75) is 84.5 Å².